The molecule has 1 unspecified atom stereocenters. The van der Waals surface area contributed by atoms with Gasteiger partial charge in [-0.1, -0.05) is 11.6 Å². The Morgan fingerprint density at radius 1 is 1.23 bits per heavy atom. The molecular weight excluding hydrogens is 440 g/mol. The van der Waals surface area contributed by atoms with E-state index in [9.17, 15) is 9.00 Å². The van der Waals surface area contributed by atoms with Crippen molar-refractivity contribution in [1.82, 2.24) is 15.3 Å². The van der Waals surface area contributed by atoms with Crippen LogP contribution in [0.3, 0.4) is 0 Å². The second-order valence-corrected chi connectivity index (χ2v) is 11.8. The molecule has 1 atom stereocenters. The number of hydrogen-bond acceptors (Lipinski definition) is 7. The number of rotatable bonds is 5. The fraction of sp³-hybridized carbons (Fsp3) is 0.476. The van der Waals surface area contributed by atoms with Crippen molar-refractivity contribution in [3.05, 3.63) is 41.1 Å². The Morgan fingerprint density at radius 2 is 2.00 bits per heavy atom. The lowest BCUT2D eigenvalue weighted by molar-refractivity contribution is -0.0257. The number of furan rings is 1. The van der Waals surface area contributed by atoms with Crippen molar-refractivity contribution in [2.75, 3.05) is 0 Å². The Kier molecular flexibility index (Phi) is 4.08. The third-order valence-electron chi connectivity index (χ3n) is 6.73. The molecule has 1 amide bonds. The van der Waals surface area contributed by atoms with Crippen LogP contribution in [0.5, 0.6) is 0 Å². The van der Waals surface area contributed by atoms with Crippen molar-refractivity contribution in [2.24, 2.45) is 5.41 Å². The summed E-state index contributed by atoms with van der Waals surface area (Å²) in [6.07, 6.45) is 6.89. The van der Waals surface area contributed by atoms with E-state index in [1.54, 1.807) is 12.3 Å². The van der Waals surface area contributed by atoms with Crippen LogP contribution in [0.2, 0.25) is 5.02 Å². The molecule has 2 N–H and O–H groups in total. The SMILES string of the molecule is N=S(=O)(c1ccc(C(=O)N[C@H]2CC3(C2)C[C@H](c2nc4cc(Cl)cnc4o2)C3)o1)C1CC1. The largest absolute Gasteiger partial charge is 0.441 e. The highest BCUT2D eigenvalue weighted by Gasteiger charge is 2.54. The number of carbonyl (C=O) groups excluding carboxylic acids is 1. The van der Waals surface area contributed by atoms with E-state index in [1.807, 2.05) is 0 Å². The van der Waals surface area contributed by atoms with Gasteiger partial charge in [-0.3, -0.25) is 4.79 Å². The molecule has 10 heteroatoms. The lowest BCUT2D eigenvalue weighted by Crippen LogP contribution is -2.55. The molecule has 1 spiro atoms. The van der Waals surface area contributed by atoms with Crippen molar-refractivity contribution in [3.63, 3.8) is 0 Å². The van der Waals surface area contributed by atoms with Gasteiger partial charge in [-0.15, -0.1) is 0 Å². The number of halogens is 1. The molecule has 0 aliphatic heterocycles. The average Bonchev–Trinajstić information content (AvgIpc) is 3.27. The summed E-state index contributed by atoms with van der Waals surface area (Å²) < 4.78 is 31.7. The monoisotopic (exact) mass is 460 g/mol. The van der Waals surface area contributed by atoms with Gasteiger partial charge < -0.3 is 14.2 Å². The van der Waals surface area contributed by atoms with Crippen molar-refractivity contribution in [3.8, 4) is 0 Å². The van der Waals surface area contributed by atoms with Gasteiger partial charge >= 0.3 is 0 Å². The lowest BCUT2D eigenvalue weighted by Gasteiger charge is -2.57. The van der Waals surface area contributed by atoms with E-state index in [2.05, 4.69) is 15.3 Å². The topological polar surface area (TPSA) is 122 Å². The number of amides is 1. The van der Waals surface area contributed by atoms with Crippen LogP contribution in [0.4, 0.5) is 0 Å². The maximum atomic E-state index is 12.5. The third kappa shape index (κ3) is 3.25. The molecule has 8 nitrogen and oxygen atoms in total. The zero-order valence-corrected chi connectivity index (χ0v) is 18.2. The molecule has 0 aromatic carbocycles. The predicted octanol–water partition coefficient (Wildman–Crippen LogP) is 4.49. The van der Waals surface area contributed by atoms with Gasteiger partial charge in [0.1, 0.15) is 15.2 Å². The maximum absolute atomic E-state index is 12.5. The first-order valence-corrected chi connectivity index (χ1v) is 12.4. The summed E-state index contributed by atoms with van der Waals surface area (Å²) in [5.74, 6) is 0.793. The van der Waals surface area contributed by atoms with E-state index >= 15 is 0 Å². The van der Waals surface area contributed by atoms with Gasteiger partial charge in [0.05, 0.1) is 10.3 Å². The molecule has 3 aliphatic rings. The summed E-state index contributed by atoms with van der Waals surface area (Å²) in [7, 11) is -2.93. The molecule has 3 aliphatic carbocycles. The van der Waals surface area contributed by atoms with E-state index in [4.69, 9.17) is 25.2 Å². The van der Waals surface area contributed by atoms with Gasteiger partial charge in [0.25, 0.3) is 5.91 Å². The van der Waals surface area contributed by atoms with E-state index in [-0.39, 0.29) is 39.4 Å². The van der Waals surface area contributed by atoms with E-state index in [0.717, 1.165) is 38.5 Å². The number of fused-ring (bicyclic) bond motifs is 1. The van der Waals surface area contributed by atoms with Crippen LogP contribution in [0.15, 0.2) is 38.3 Å². The second-order valence-electron chi connectivity index (χ2n) is 9.13. The Balaban J connectivity index is 1.04. The van der Waals surface area contributed by atoms with Gasteiger partial charge in [0, 0.05) is 18.2 Å². The smallest absolute Gasteiger partial charge is 0.287 e. The summed E-state index contributed by atoms with van der Waals surface area (Å²) in [5, 5.41) is 3.51. The standard InChI is InChI=1S/C21H21ClN4O4S/c22-12-5-15-20(24-10-12)30-19(26-15)11-6-21(7-11)8-13(9-21)25-18(27)16-3-4-17(29-16)31(23,28)14-1-2-14/h3-5,10-11,13-14,23H,1-2,6-9H2,(H,25,27)/t11-,13-,21?,31?. The number of hydrogen-bond donors (Lipinski definition) is 2. The summed E-state index contributed by atoms with van der Waals surface area (Å²) in [6, 6.07) is 4.87. The van der Waals surface area contributed by atoms with Gasteiger partial charge in [-0.05, 0) is 62.1 Å². The number of aromatic nitrogens is 2. The molecule has 3 aromatic rings. The normalized spacial score (nSPS) is 29.3. The summed E-state index contributed by atoms with van der Waals surface area (Å²) >= 11 is 5.97. The van der Waals surface area contributed by atoms with Gasteiger partial charge in [0.2, 0.25) is 11.6 Å². The first-order chi connectivity index (χ1) is 14.8. The van der Waals surface area contributed by atoms with Crippen LogP contribution in [0.1, 0.15) is 60.9 Å². The van der Waals surface area contributed by atoms with Crippen LogP contribution >= 0.6 is 11.6 Å². The number of carbonyl (C=O) groups is 1. The molecule has 6 rings (SSSR count). The minimum Gasteiger partial charge on any atom is -0.441 e. The molecule has 31 heavy (non-hydrogen) atoms. The van der Waals surface area contributed by atoms with E-state index < -0.39 is 9.73 Å². The number of oxazole rings is 1. The predicted molar refractivity (Wildman–Crippen MR) is 113 cm³/mol. The summed E-state index contributed by atoms with van der Waals surface area (Å²) in [5.41, 5.74) is 1.41. The Bertz CT molecular complexity index is 1300. The van der Waals surface area contributed by atoms with Crippen molar-refractivity contribution < 1.29 is 17.8 Å². The molecule has 3 heterocycles. The second kappa shape index (κ2) is 6.56. The highest BCUT2D eigenvalue weighted by atomic mass is 35.5. The molecule has 0 radical (unpaired) electrons. The van der Waals surface area contributed by atoms with Crippen LogP contribution in [0.25, 0.3) is 11.2 Å². The maximum Gasteiger partial charge on any atom is 0.287 e. The Hall–Kier alpha value is -2.39. The fourth-order valence-corrected chi connectivity index (χ4v) is 6.76. The van der Waals surface area contributed by atoms with Crippen LogP contribution < -0.4 is 5.32 Å². The molecule has 0 bridgehead atoms. The molecule has 162 valence electrons. The quantitative estimate of drug-likeness (QED) is 0.578. The molecule has 3 aromatic heterocycles. The number of nitrogens with zero attached hydrogens (tertiary/aromatic N) is 2. The van der Waals surface area contributed by atoms with E-state index in [0.29, 0.717) is 22.1 Å². The van der Waals surface area contributed by atoms with Gasteiger partial charge in [0.15, 0.2) is 10.9 Å². The minimum atomic E-state index is -2.93. The first kappa shape index (κ1) is 19.3. The van der Waals surface area contributed by atoms with Gasteiger partial charge in [-0.25, -0.2) is 19.0 Å². The highest BCUT2D eigenvalue weighted by Crippen LogP contribution is 2.61. The Morgan fingerprint density at radius 3 is 2.74 bits per heavy atom. The molecular formula is C21H21ClN4O4S. The third-order valence-corrected chi connectivity index (χ3v) is 9.16. The fourth-order valence-electron chi connectivity index (χ4n) is 5.00. The number of nitrogens with one attached hydrogen (secondary N) is 2. The molecule has 3 fully saturated rings. The summed E-state index contributed by atoms with van der Waals surface area (Å²) in [4.78, 5) is 21.2. The van der Waals surface area contributed by atoms with Crippen molar-refractivity contribution >= 4 is 38.5 Å². The molecule has 0 saturated heterocycles. The minimum absolute atomic E-state index is 0.0925. The first-order valence-electron chi connectivity index (χ1n) is 10.4. The van der Waals surface area contributed by atoms with Crippen molar-refractivity contribution in [1.29, 1.82) is 4.78 Å². The highest BCUT2D eigenvalue weighted by molar-refractivity contribution is 7.93. The lowest BCUT2D eigenvalue weighted by atomic mass is 9.50. The van der Waals surface area contributed by atoms with Crippen LogP contribution in [-0.4, -0.2) is 31.4 Å². The van der Waals surface area contributed by atoms with Crippen LogP contribution in [0, 0.1) is 10.2 Å². The van der Waals surface area contributed by atoms with Gasteiger partial charge in [-0.2, -0.15) is 0 Å². The zero-order valence-electron chi connectivity index (χ0n) is 16.6. The average molecular weight is 461 g/mol. The van der Waals surface area contributed by atoms with Crippen molar-refractivity contribution in [2.45, 2.75) is 60.8 Å². The van der Waals surface area contributed by atoms with E-state index in [1.165, 1.54) is 12.1 Å². The Labute approximate surface area is 183 Å². The molecule has 3 saturated carbocycles. The summed E-state index contributed by atoms with van der Waals surface area (Å²) in [6.45, 7) is 0. The number of pyridine rings is 1. The zero-order chi connectivity index (χ0) is 21.4. The van der Waals surface area contributed by atoms with Crippen LogP contribution in [-0.2, 0) is 9.73 Å².